The van der Waals surface area contributed by atoms with E-state index in [1.54, 1.807) is 30.4 Å². The summed E-state index contributed by atoms with van der Waals surface area (Å²) in [5, 5.41) is 9.68. The molecule has 0 atom stereocenters. The molecule has 0 bridgehead atoms. The van der Waals surface area contributed by atoms with Crippen LogP contribution in [-0.2, 0) is 6.54 Å². The maximum atomic E-state index is 11.4. The fraction of sp³-hybridized carbons (Fsp3) is 0.0952. The average molecular weight is 374 g/mol. The van der Waals surface area contributed by atoms with Crippen LogP contribution in [0.1, 0.15) is 22.2 Å². The van der Waals surface area contributed by atoms with Crippen molar-refractivity contribution in [3.05, 3.63) is 76.5 Å². The second kappa shape index (κ2) is 7.55. The number of Topliss-reactive ketones (excluding diaryl/α,β-unsaturated/α-hetero) is 1. The SMILES string of the molecule is CC(=O)c1ccc(Nc2nc(NCc3cccs3)c3ccccc3n2)cc1. The van der Waals surface area contributed by atoms with Gasteiger partial charge in [-0.1, -0.05) is 18.2 Å². The lowest BCUT2D eigenvalue weighted by Crippen LogP contribution is -2.05. The van der Waals surface area contributed by atoms with Crippen molar-refractivity contribution in [3.8, 4) is 0 Å². The van der Waals surface area contributed by atoms with E-state index in [-0.39, 0.29) is 5.78 Å². The Hall–Kier alpha value is -3.25. The van der Waals surface area contributed by atoms with Gasteiger partial charge in [0.15, 0.2) is 5.78 Å². The largest absolute Gasteiger partial charge is 0.364 e. The molecule has 0 radical (unpaired) electrons. The molecule has 0 amide bonds. The van der Waals surface area contributed by atoms with Crippen molar-refractivity contribution < 1.29 is 4.79 Å². The molecule has 0 saturated carbocycles. The van der Waals surface area contributed by atoms with Crippen molar-refractivity contribution in [2.24, 2.45) is 0 Å². The number of carbonyl (C=O) groups excluding carboxylic acids is 1. The summed E-state index contributed by atoms with van der Waals surface area (Å²) < 4.78 is 0. The topological polar surface area (TPSA) is 66.9 Å². The van der Waals surface area contributed by atoms with Gasteiger partial charge in [-0.2, -0.15) is 4.98 Å². The normalized spacial score (nSPS) is 10.7. The van der Waals surface area contributed by atoms with Crippen molar-refractivity contribution in [3.63, 3.8) is 0 Å². The molecule has 27 heavy (non-hydrogen) atoms. The Morgan fingerprint density at radius 3 is 2.56 bits per heavy atom. The first kappa shape index (κ1) is 17.2. The highest BCUT2D eigenvalue weighted by Crippen LogP contribution is 2.24. The number of carbonyl (C=O) groups is 1. The smallest absolute Gasteiger partial charge is 0.229 e. The van der Waals surface area contributed by atoms with Gasteiger partial charge in [0.2, 0.25) is 5.95 Å². The Balaban J connectivity index is 1.63. The summed E-state index contributed by atoms with van der Waals surface area (Å²) in [7, 11) is 0. The van der Waals surface area contributed by atoms with E-state index in [0.717, 1.165) is 22.4 Å². The first-order valence-corrected chi connectivity index (χ1v) is 9.48. The Bertz CT molecular complexity index is 1080. The number of para-hydroxylation sites is 1. The number of nitrogens with zero attached hydrogens (tertiary/aromatic N) is 2. The number of nitrogens with one attached hydrogen (secondary N) is 2. The molecule has 134 valence electrons. The van der Waals surface area contributed by atoms with Gasteiger partial charge in [-0.05, 0) is 54.8 Å². The molecule has 2 aromatic heterocycles. The number of fused-ring (bicyclic) bond motifs is 1. The fourth-order valence-electron chi connectivity index (χ4n) is 2.77. The molecule has 0 aliphatic carbocycles. The van der Waals surface area contributed by atoms with Crippen molar-refractivity contribution >= 4 is 45.5 Å². The molecule has 0 unspecified atom stereocenters. The number of hydrogen-bond donors (Lipinski definition) is 2. The first-order chi connectivity index (χ1) is 13.2. The molecule has 0 saturated heterocycles. The number of aromatic nitrogens is 2. The van der Waals surface area contributed by atoms with E-state index in [0.29, 0.717) is 18.1 Å². The molecule has 2 N–H and O–H groups in total. The van der Waals surface area contributed by atoms with E-state index < -0.39 is 0 Å². The van der Waals surface area contributed by atoms with Crippen molar-refractivity contribution in [2.75, 3.05) is 10.6 Å². The quantitative estimate of drug-likeness (QED) is 0.451. The van der Waals surface area contributed by atoms with Crippen LogP contribution < -0.4 is 10.6 Å². The standard InChI is InChI=1S/C21H18N4OS/c1-14(26)15-8-10-16(11-9-15)23-21-24-19-7-3-2-6-18(19)20(25-21)22-13-17-5-4-12-27-17/h2-12H,13H2,1H3,(H2,22,23,24,25). The van der Waals surface area contributed by atoms with Crippen LogP contribution in [0.2, 0.25) is 0 Å². The molecule has 2 aromatic carbocycles. The molecule has 0 aliphatic heterocycles. The lowest BCUT2D eigenvalue weighted by atomic mass is 10.1. The van der Waals surface area contributed by atoms with Crippen molar-refractivity contribution in [2.45, 2.75) is 13.5 Å². The van der Waals surface area contributed by atoms with Crippen LogP contribution in [0.3, 0.4) is 0 Å². The zero-order chi connectivity index (χ0) is 18.6. The monoisotopic (exact) mass is 374 g/mol. The molecule has 0 spiro atoms. The predicted molar refractivity (Wildman–Crippen MR) is 111 cm³/mol. The second-order valence-corrected chi connectivity index (χ2v) is 7.14. The Labute approximate surface area is 161 Å². The fourth-order valence-corrected chi connectivity index (χ4v) is 3.41. The molecule has 0 fully saturated rings. The summed E-state index contributed by atoms with van der Waals surface area (Å²) in [5.41, 5.74) is 2.38. The number of rotatable bonds is 6. The molecular formula is C21H18N4OS. The minimum Gasteiger partial charge on any atom is -0.364 e. The van der Waals surface area contributed by atoms with Crippen molar-refractivity contribution in [1.82, 2.24) is 9.97 Å². The Morgan fingerprint density at radius 2 is 1.81 bits per heavy atom. The van der Waals surface area contributed by atoms with E-state index in [4.69, 9.17) is 0 Å². The summed E-state index contributed by atoms with van der Waals surface area (Å²) in [4.78, 5) is 21.9. The van der Waals surface area contributed by atoms with Gasteiger partial charge in [-0.25, -0.2) is 4.98 Å². The third kappa shape index (κ3) is 3.96. The van der Waals surface area contributed by atoms with Gasteiger partial charge in [-0.15, -0.1) is 11.3 Å². The third-order valence-electron chi connectivity index (χ3n) is 4.16. The number of anilines is 3. The lowest BCUT2D eigenvalue weighted by Gasteiger charge is -2.11. The summed E-state index contributed by atoms with van der Waals surface area (Å²) in [6.45, 7) is 2.27. The van der Waals surface area contributed by atoms with Gasteiger partial charge in [0, 0.05) is 21.5 Å². The maximum absolute atomic E-state index is 11.4. The highest BCUT2D eigenvalue weighted by molar-refractivity contribution is 7.09. The maximum Gasteiger partial charge on any atom is 0.229 e. The van der Waals surface area contributed by atoms with E-state index in [1.165, 1.54) is 4.88 Å². The van der Waals surface area contributed by atoms with Gasteiger partial charge in [0.05, 0.1) is 12.1 Å². The van der Waals surface area contributed by atoms with E-state index >= 15 is 0 Å². The minimum absolute atomic E-state index is 0.0450. The van der Waals surface area contributed by atoms with E-state index in [1.807, 2.05) is 42.5 Å². The highest BCUT2D eigenvalue weighted by atomic mass is 32.1. The average Bonchev–Trinajstić information content (AvgIpc) is 3.20. The van der Waals surface area contributed by atoms with Crippen LogP contribution in [0.25, 0.3) is 10.9 Å². The molecule has 0 aliphatic rings. The molecule has 4 aromatic rings. The molecule has 4 rings (SSSR count). The van der Waals surface area contributed by atoms with Crippen LogP contribution in [0, 0.1) is 0 Å². The Morgan fingerprint density at radius 1 is 1.00 bits per heavy atom. The van der Waals surface area contributed by atoms with E-state index in [9.17, 15) is 4.79 Å². The van der Waals surface area contributed by atoms with Gasteiger partial charge < -0.3 is 10.6 Å². The zero-order valence-electron chi connectivity index (χ0n) is 14.8. The molecule has 5 nitrogen and oxygen atoms in total. The second-order valence-electron chi connectivity index (χ2n) is 6.10. The summed E-state index contributed by atoms with van der Waals surface area (Å²) in [6.07, 6.45) is 0. The Kier molecular flexibility index (Phi) is 4.80. The summed E-state index contributed by atoms with van der Waals surface area (Å²) in [5.74, 6) is 1.35. The first-order valence-electron chi connectivity index (χ1n) is 8.60. The van der Waals surface area contributed by atoms with Gasteiger partial charge >= 0.3 is 0 Å². The van der Waals surface area contributed by atoms with Crippen LogP contribution in [-0.4, -0.2) is 15.8 Å². The zero-order valence-corrected chi connectivity index (χ0v) is 15.6. The lowest BCUT2D eigenvalue weighted by molar-refractivity contribution is 0.101. The number of hydrogen-bond acceptors (Lipinski definition) is 6. The third-order valence-corrected chi connectivity index (χ3v) is 5.04. The molecule has 6 heteroatoms. The van der Waals surface area contributed by atoms with Crippen molar-refractivity contribution in [1.29, 1.82) is 0 Å². The summed E-state index contributed by atoms with van der Waals surface area (Å²) >= 11 is 1.71. The molecular weight excluding hydrogens is 356 g/mol. The van der Waals surface area contributed by atoms with Crippen LogP contribution >= 0.6 is 11.3 Å². The highest BCUT2D eigenvalue weighted by Gasteiger charge is 2.08. The number of ketones is 1. The van der Waals surface area contributed by atoms with Crippen LogP contribution in [0.5, 0.6) is 0 Å². The summed E-state index contributed by atoms with van der Waals surface area (Å²) in [6, 6.07) is 19.4. The predicted octanol–water partition coefficient (Wildman–Crippen LogP) is 5.25. The van der Waals surface area contributed by atoms with Crippen LogP contribution in [0.15, 0.2) is 66.0 Å². The van der Waals surface area contributed by atoms with Gasteiger partial charge in [0.25, 0.3) is 0 Å². The van der Waals surface area contributed by atoms with Crippen LogP contribution in [0.4, 0.5) is 17.5 Å². The minimum atomic E-state index is 0.0450. The van der Waals surface area contributed by atoms with E-state index in [2.05, 4.69) is 32.0 Å². The number of thiophene rings is 1. The number of benzene rings is 2. The molecule has 2 heterocycles. The van der Waals surface area contributed by atoms with Gasteiger partial charge in [-0.3, -0.25) is 4.79 Å². The van der Waals surface area contributed by atoms with Gasteiger partial charge in [0.1, 0.15) is 5.82 Å².